The lowest BCUT2D eigenvalue weighted by Crippen LogP contribution is -2.33. The number of benzene rings is 1. The quantitative estimate of drug-likeness (QED) is 0.846. The largest absolute Gasteiger partial charge is 0.492 e. The molecular formula is C16H21NO3. The number of carbonyl (C=O) groups excluding carboxylic acids is 1. The van der Waals surface area contributed by atoms with Crippen LogP contribution in [0.5, 0.6) is 11.5 Å². The lowest BCUT2D eigenvalue weighted by molar-refractivity contribution is 0.0933. The van der Waals surface area contributed by atoms with Gasteiger partial charge in [-0.2, -0.15) is 0 Å². The Morgan fingerprint density at radius 1 is 1.20 bits per heavy atom. The van der Waals surface area contributed by atoms with E-state index in [0.717, 1.165) is 12.3 Å². The number of ketones is 1. The van der Waals surface area contributed by atoms with Crippen molar-refractivity contribution in [3.63, 3.8) is 0 Å². The standard InChI is InChI=1S/C16H21NO3/c18-15-6-10-20-16-12-13(4-5-14(15)16)19-11-9-17-7-2-1-3-8-17/h4-5,12H,1-3,6-11H2. The number of ether oxygens (including phenoxy) is 2. The molecule has 0 radical (unpaired) electrons. The Labute approximate surface area is 119 Å². The van der Waals surface area contributed by atoms with Gasteiger partial charge in [-0.05, 0) is 38.1 Å². The Morgan fingerprint density at radius 3 is 2.90 bits per heavy atom. The molecule has 3 rings (SSSR count). The van der Waals surface area contributed by atoms with Gasteiger partial charge in [-0.3, -0.25) is 9.69 Å². The molecule has 2 heterocycles. The van der Waals surface area contributed by atoms with Gasteiger partial charge >= 0.3 is 0 Å². The molecule has 0 spiro atoms. The Kier molecular flexibility index (Phi) is 4.21. The summed E-state index contributed by atoms with van der Waals surface area (Å²) in [4.78, 5) is 14.1. The number of nitrogens with zero attached hydrogens (tertiary/aromatic N) is 1. The van der Waals surface area contributed by atoms with Crippen LogP contribution in [0.1, 0.15) is 36.0 Å². The van der Waals surface area contributed by atoms with Crippen LogP contribution in [0.4, 0.5) is 0 Å². The van der Waals surface area contributed by atoms with Crippen LogP contribution in [0.25, 0.3) is 0 Å². The molecule has 0 bridgehead atoms. The van der Waals surface area contributed by atoms with Gasteiger partial charge in [-0.25, -0.2) is 0 Å². The summed E-state index contributed by atoms with van der Waals surface area (Å²) in [5, 5.41) is 0. The highest BCUT2D eigenvalue weighted by Crippen LogP contribution is 2.29. The van der Waals surface area contributed by atoms with E-state index in [0.29, 0.717) is 30.9 Å². The summed E-state index contributed by atoms with van der Waals surface area (Å²) < 4.78 is 11.3. The van der Waals surface area contributed by atoms with Crippen LogP contribution >= 0.6 is 0 Å². The van der Waals surface area contributed by atoms with E-state index in [-0.39, 0.29) is 5.78 Å². The second-order valence-electron chi connectivity index (χ2n) is 5.43. The molecule has 1 fully saturated rings. The molecule has 1 saturated heterocycles. The molecule has 108 valence electrons. The van der Waals surface area contributed by atoms with E-state index in [4.69, 9.17) is 9.47 Å². The average Bonchev–Trinajstić information content (AvgIpc) is 2.48. The highest BCUT2D eigenvalue weighted by atomic mass is 16.5. The number of hydrogen-bond acceptors (Lipinski definition) is 4. The highest BCUT2D eigenvalue weighted by molar-refractivity contribution is 5.99. The van der Waals surface area contributed by atoms with E-state index in [2.05, 4.69) is 4.90 Å². The van der Waals surface area contributed by atoms with E-state index in [1.807, 2.05) is 18.2 Å². The minimum absolute atomic E-state index is 0.158. The number of piperidine rings is 1. The maximum Gasteiger partial charge on any atom is 0.169 e. The first-order valence-corrected chi connectivity index (χ1v) is 7.48. The molecule has 1 aromatic rings. The van der Waals surface area contributed by atoms with Gasteiger partial charge in [0.05, 0.1) is 12.2 Å². The Bertz CT molecular complexity index is 481. The molecule has 4 heteroatoms. The van der Waals surface area contributed by atoms with Gasteiger partial charge in [0.2, 0.25) is 0 Å². The van der Waals surface area contributed by atoms with Crippen LogP contribution in [0.3, 0.4) is 0 Å². The fourth-order valence-corrected chi connectivity index (χ4v) is 2.81. The number of carbonyl (C=O) groups is 1. The zero-order chi connectivity index (χ0) is 13.8. The van der Waals surface area contributed by atoms with Gasteiger partial charge in [-0.15, -0.1) is 0 Å². The summed E-state index contributed by atoms with van der Waals surface area (Å²) in [6.07, 6.45) is 4.43. The topological polar surface area (TPSA) is 38.8 Å². The van der Waals surface area contributed by atoms with Crippen molar-refractivity contribution in [1.82, 2.24) is 4.90 Å². The Balaban J connectivity index is 1.54. The molecule has 0 saturated carbocycles. The smallest absolute Gasteiger partial charge is 0.169 e. The summed E-state index contributed by atoms with van der Waals surface area (Å²) in [5.74, 6) is 1.61. The molecule has 1 aromatic carbocycles. The fourth-order valence-electron chi connectivity index (χ4n) is 2.81. The maximum absolute atomic E-state index is 11.7. The first-order valence-electron chi connectivity index (χ1n) is 7.48. The van der Waals surface area contributed by atoms with Crippen LogP contribution in [0.2, 0.25) is 0 Å². The number of likely N-dealkylation sites (tertiary alicyclic amines) is 1. The van der Waals surface area contributed by atoms with Gasteiger partial charge in [0.1, 0.15) is 18.1 Å². The van der Waals surface area contributed by atoms with Crippen molar-refractivity contribution in [2.75, 3.05) is 32.8 Å². The minimum Gasteiger partial charge on any atom is -0.492 e. The van der Waals surface area contributed by atoms with E-state index in [1.54, 1.807) is 0 Å². The van der Waals surface area contributed by atoms with Crippen molar-refractivity contribution in [1.29, 1.82) is 0 Å². The molecule has 0 atom stereocenters. The predicted molar refractivity (Wildman–Crippen MR) is 76.7 cm³/mol. The van der Waals surface area contributed by atoms with E-state index in [1.165, 1.54) is 32.4 Å². The molecule has 2 aliphatic heterocycles. The summed E-state index contributed by atoms with van der Waals surface area (Å²) >= 11 is 0. The van der Waals surface area contributed by atoms with Crippen LogP contribution < -0.4 is 9.47 Å². The molecular weight excluding hydrogens is 254 g/mol. The van der Waals surface area contributed by atoms with Crippen molar-refractivity contribution in [3.8, 4) is 11.5 Å². The summed E-state index contributed by atoms with van der Waals surface area (Å²) in [6, 6.07) is 5.51. The number of fused-ring (bicyclic) bond motifs is 1. The Morgan fingerprint density at radius 2 is 2.05 bits per heavy atom. The van der Waals surface area contributed by atoms with Crippen molar-refractivity contribution < 1.29 is 14.3 Å². The monoisotopic (exact) mass is 275 g/mol. The third-order valence-corrected chi connectivity index (χ3v) is 3.97. The van der Waals surface area contributed by atoms with Gasteiger partial charge in [0, 0.05) is 19.0 Å². The van der Waals surface area contributed by atoms with E-state index in [9.17, 15) is 4.79 Å². The molecule has 20 heavy (non-hydrogen) atoms. The Hall–Kier alpha value is -1.55. The summed E-state index contributed by atoms with van der Waals surface area (Å²) in [7, 11) is 0. The van der Waals surface area contributed by atoms with E-state index < -0.39 is 0 Å². The second-order valence-corrected chi connectivity index (χ2v) is 5.43. The van der Waals surface area contributed by atoms with Gasteiger partial charge in [0.25, 0.3) is 0 Å². The summed E-state index contributed by atoms with van der Waals surface area (Å²) in [6.45, 7) is 4.50. The zero-order valence-corrected chi connectivity index (χ0v) is 11.8. The van der Waals surface area contributed by atoms with Gasteiger partial charge in [-0.1, -0.05) is 6.42 Å². The zero-order valence-electron chi connectivity index (χ0n) is 11.8. The van der Waals surface area contributed by atoms with E-state index >= 15 is 0 Å². The average molecular weight is 275 g/mol. The van der Waals surface area contributed by atoms with Crippen LogP contribution in [0.15, 0.2) is 18.2 Å². The van der Waals surface area contributed by atoms with Crippen LogP contribution in [-0.4, -0.2) is 43.5 Å². The highest BCUT2D eigenvalue weighted by Gasteiger charge is 2.18. The second kappa shape index (κ2) is 6.27. The van der Waals surface area contributed by atoms with Crippen molar-refractivity contribution in [3.05, 3.63) is 23.8 Å². The normalized spacial score (nSPS) is 19.3. The first-order chi connectivity index (χ1) is 9.83. The molecule has 2 aliphatic rings. The number of Topliss-reactive ketones (excluding diaryl/α,β-unsaturated/α-hetero) is 1. The molecule has 0 aromatic heterocycles. The third-order valence-electron chi connectivity index (χ3n) is 3.97. The molecule has 0 aliphatic carbocycles. The SMILES string of the molecule is O=C1CCOc2cc(OCCN3CCCCC3)ccc21. The van der Waals surface area contributed by atoms with Crippen molar-refractivity contribution in [2.45, 2.75) is 25.7 Å². The number of rotatable bonds is 4. The molecule has 0 N–H and O–H groups in total. The van der Waals surface area contributed by atoms with Crippen LogP contribution in [-0.2, 0) is 0 Å². The molecule has 4 nitrogen and oxygen atoms in total. The predicted octanol–water partition coefficient (Wildman–Crippen LogP) is 2.52. The van der Waals surface area contributed by atoms with Crippen LogP contribution in [0, 0.1) is 0 Å². The molecule has 0 unspecified atom stereocenters. The first kappa shape index (κ1) is 13.4. The maximum atomic E-state index is 11.7. The third kappa shape index (κ3) is 3.12. The van der Waals surface area contributed by atoms with Crippen molar-refractivity contribution >= 4 is 5.78 Å². The lowest BCUT2D eigenvalue weighted by Gasteiger charge is -2.26. The lowest BCUT2D eigenvalue weighted by atomic mass is 10.1. The minimum atomic E-state index is 0.158. The summed E-state index contributed by atoms with van der Waals surface area (Å²) in [5.41, 5.74) is 0.680. The fraction of sp³-hybridized carbons (Fsp3) is 0.562. The number of hydrogen-bond donors (Lipinski definition) is 0. The van der Waals surface area contributed by atoms with Crippen molar-refractivity contribution in [2.24, 2.45) is 0 Å². The van der Waals surface area contributed by atoms with Gasteiger partial charge < -0.3 is 9.47 Å². The molecule has 0 amide bonds. The van der Waals surface area contributed by atoms with Gasteiger partial charge in [0.15, 0.2) is 5.78 Å².